The number of carboxylic acid groups (broad SMARTS) is 1. The first-order valence-corrected chi connectivity index (χ1v) is 9.51. The SMILES string of the molecule is CCC(CC)n1nc2c(c1OS(=O)(=O)C(F)(F)F)CCN(C(=O)O)CC2. The van der Waals surface area contributed by atoms with Crippen LogP contribution in [0, 0.1) is 0 Å². The van der Waals surface area contributed by atoms with Crippen LogP contribution in [0.4, 0.5) is 18.0 Å². The highest BCUT2D eigenvalue weighted by Crippen LogP contribution is 2.35. The Morgan fingerprint density at radius 1 is 1.27 bits per heavy atom. The first-order chi connectivity index (χ1) is 12.0. The number of carbonyl (C=O) groups is 1. The molecule has 0 fully saturated rings. The van der Waals surface area contributed by atoms with Gasteiger partial charge in [0.2, 0.25) is 5.88 Å². The molecule has 148 valence electrons. The van der Waals surface area contributed by atoms with Gasteiger partial charge in [0.1, 0.15) is 0 Å². The van der Waals surface area contributed by atoms with E-state index in [1.807, 2.05) is 0 Å². The summed E-state index contributed by atoms with van der Waals surface area (Å²) in [5.74, 6) is -0.474. The number of hydrogen-bond acceptors (Lipinski definition) is 5. The lowest BCUT2D eigenvalue weighted by molar-refractivity contribution is -0.0503. The van der Waals surface area contributed by atoms with Gasteiger partial charge in [-0.3, -0.25) is 0 Å². The molecule has 12 heteroatoms. The fraction of sp³-hybridized carbons (Fsp3) is 0.714. The van der Waals surface area contributed by atoms with Crippen molar-refractivity contribution < 1.29 is 35.7 Å². The smallest absolute Gasteiger partial charge is 0.465 e. The number of hydrogen-bond donors (Lipinski definition) is 1. The van der Waals surface area contributed by atoms with Crippen LogP contribution in [-0.2, 0) is 23.0 Å². The standard InChI is InChI=1S/C14H20F3N3O5S/c1-3-9(4-2)20-12(25-26(23,24)14(15,16)17)10-5-7-19(13(21)22)8-6-11(10)18-20/h9H,3-8H2,1-2H3,(H,21,22). The molecule has 26 heavy (non-hydrogen) atoms. The van der Waals surface area contributed by atoms with Gasteiger partial charge in [0, 0.05) is 25.1 Å². The molecule has 0 aromatic carbocycles. The van der Waals surface area contributed by atoms with Gasteiger partial charge in [-0.25, -0.2) is 9.48 Å². The minimum Gasteiger partial charge on any atom is -0.465 e. The molecule has 0 radical (unpaired) electrons. The van der Waals surface area contributed by atoms with Gasteiger partial charge in [-0.15, -0.1) is 0 Å². The van der Waals surface area contributed by atoms with Crippen LogP contribution >= 0.6 is 0 Å². The molecule has 0 saturated carbocycles. The lowest BCUT2D eigenvalue weighted by atomic mass is 10.1. The second-order valence-electron chi connectivity index (χ2n) is 5.90. The average molecular weight is 399 g/mol. The fourth-order valence-corrected chi connectivity index (χ4v) is 3.34. The van der Waals surface area contributed by atoms with E-state index in [4.69, 9.17) is 5.11 Å². The summed E-state index contributed by atoms with van der Waals surface area (Å²) in [6.07, 6.45) is 0.0526. The van der Waals surface area contributed by atoms with Gasteiger partial charge >= 0.3 is 21.7 Å². The Morgan fingerprint density at radius 3 is 2.35 bits per heavy atom. The van der Waals surface area contributed by atoms with E-state index in [1.54, 1.807) is 13.8 Å². The second-order valence-corrected chi connectivity index (χ2v) is 7.44. The number of aromatic nitrogens is 2. The Hall–Kier alpha value is -1.98. The number of fused-ring (bicyclic) bond motifs is 1. The van der Waals surface area contributed by atoms with Gasteiger partial charge in [-0.05, 0) is 19.3 Å². The van der Waals surface area contributed by atoms with Crippen molar-refractivity contribution in [2.45, 2.75) is 51.1 Å². The Bertz CT molecular complexity index is 772. The van der Waals surface area contributed by atoms with Crippen LogP contribution < -0.4 is 4.18 Å². The third-order valence-electron chi connectivity index (χ3n) is 4.32. The summed E-state index contributed by atoms with van der Waals surface area (Å²) in [6, 6.07) is -0.337. The molecule has 2 rings (SSSR count). The van der Waals surface area contributed by atoms with Crippen molar-refractivity contribution in [2.24, 2.45) is 0 Å². The van der Waals surface area contributed by atoms with Crippen molar-refractivity contribution >= 4 is 16.2 Å². The first-order valence-electron chi connectivity index (χ1n) is 8.10. The number of halogens is 3. The summed E-state index contributed by atoms with van der Waals surface area (Å²) < 4.78 is 67.0. The van der Waals surface area contributed by atoms with Crippen LogP contribution in [0.2, 0.25) is 0 Å². The summed E-state index contributed by atoms with van der Waals surface area (Å²) in [7, 11) is -5.86. The first kappa shape index (κ1) is 20.3. The van der Waals surface area contributed by atoms with E-state index in [-0.39, 0.29) is 37.5 Å². The van der Waals surface area contributed by atoms with Crippen LogP contribution in [-0.4, -0.2) is 52.9 Å². The van der Waals surface area contributed by atoms with E-state index in [1.165, 1.54) is 4.68 Å². The van der Waals surface area contributed by atoms with E-state index in [9.17, 15) is 26.4 Å². The van der Waals surface area contributed by atoms with Crippen molar-refractivity contribution in [1.82, 2.24) is 14.7 Å². The van der Waals surface area contributed by atoms with Gasteiger partial charge in [0.15, 0.2) is 0 Å². The Balaban J connectivity index is 2.51. The molecule has 1 aliphatic heterocycles. The zero-order valence-electron chi connectivity index (χ0n) is 14.3. The normalized spacial score (nSPS) is 15.7. The number of amides is 1. The maximum absolute atomic E-state index is 12.8. The number of alkyl halides is 3. The molecule has 8 nitrogen and oxygen atoms in total. The molecule has 1 aliphatic rings. The van der Waals surface area contributed by atoms with E-state index < -0.39 is 27.6 Å². The second kappa shape index (κ2) is 7.33. The highest BCUT2D eigenvalue weighted by Gasteiger charge is 2.49. The highest BCUT2D eigenvalue weighted by atomic mass is 32.2. The maximum atomic E-state index is 12.8. The molecule has 2 heterocycles. The zero-order chi connectivity index (χ0) is 19.7. The molecule has 0 spiro atoms. The highest BCUT2D eigenvalue weighted by molar-refractivity contribution is 7.87. The minimum atomic E-state index is -5.86. The predicted molar refractivity (Wildman–Crippen MR) is 84.5 cm³/mol. The molecule has 0 unspecified atom stereocenters. The maximum Gasteiger partial charge on any atom is 0.534 e. The van der Waals surface area contributed by atoms with Crippen LogP contribution in [0.25, 0.3) is 0 Å². The largest absolute Gasteiger partial charge is 0.534 e. The minimum absolute atomic E-state index is 0.0133. The summed E-state index contributed by atoms with van der Waals surface area (Å²) in [4.78, 5) is 12.2. The van der Waals surface area contributed by atoms with Gasteiger partial charge in [-0.2, -0.15) is 26.7 Å². The van der Waals surface area contributed by atoms with Gasteiger partial charge in [-0.1, -0.05) is 13.8 Å². The summed E-state index contributed by atoms with van der Waals surface area (Å²) in [5.41, 5.74) is -5.01. The third kappa shape index (κ3) is 3.89. The topological polar surface area (TPSA) is 102 Å². The number of nitrogens with zero attached hydrogens (tertiary/aromatic N) is 3. The zero-order valence-corrected chi connectivity index (χ0v) is 15.1. The van der Waals surface area contributed by atoms with Crippen molar-refractivity contribution in [3.8, 4) is 5.88 Å². The summed E-state index contributed by atoms with van der Waals surface area (Å²) in [5, 5.41) is 13.3. The van der Waals surface area contributed by atoms with E-state index in [0.29, 0.717) is 18.5 Å². The van der Waals surface area contributed by atoms with Crippen molar-refractivity contribution in [2.75, 3.05) is 13.1 Å². The molecule has 1 aromatic heterocycles. The molecule has 0 saturated heterocycles. The number of rotatable bonds is 5. The van der Waals surface area contributed by atoms with Crippen molar-refractivity contribution in [3.05, 3.63) is 11.3 Å². The van der Waals surface area contributed by atoms with Crippen LogP contribution in [0.15, 0.2) is 0 Å². The molecular formula is C14H20F3N3O5S. The molecular weight excluding hydrogens is 379 g/mol. The Labute approximate surface area is 148 Å². The lowest BCUT2D eigenvalue weighted by Crippen LogP contribution is -2.32. The van der Waals surface area contributed by atoms with Crippen LogP contribution in [0.3, 0.4) is 0 Å². The van der Waals surface area contributed by atoms with E-state index in [0.717, 1.165) is 4.90 Å². The molecule has 1 amide bonds. The van der Waals surface area contributed by atoms with Gasteiger partial charge < -0.3 is 14.2 Å². The van der Waals surface area contributed by atoms with Crippen LogP contribution in [0.5, 0.6) is 5.88 Å². The summed E-state index contributed by atoms with van der Waals surface area (Å²) in [6.45, 7) is 3.73. The Kier molecular flexibility index (Phi) is 5.73. The van der Waals surface area contributed by atoms with Crippen LogP contribution in [0.1, 0.15) is 44.0 Å². The average Bonchev–Trinajstić information content (AvgIpc) is 2.72. The molecule has 1 N–H and O–H groups in total. The fourth-order valence-electron chi connectivity index (χ4n) is 2.86. The summed E-state index contributed by atoms with van der Waals surface area (Å²) >= 11 is 0. The third-order valence-corrected chi connectivity index (χ3v) is 5.27. The molecule has 1 aromatic rings. The molecule has 0 bridgehead atoms. The van der Waals surface area contributed by atoms with Gasteiger partial charge in [0.25, 0.3) is 0 Å². The van der Waals surface area contributed by atoms with E-state index in [2.05, 4.69) is 9.28 Å². The molecule has 0 atom stereocenters. The molecule has 0 aliphatic carbocycles. The Morgan fingerprint density at radius 2 is 1.85 bits per heavy atom. The quantitative estimate of drug-likeness (QED) is 0.603. The lowest BCUT2D eigenvalue weighted by Gasteiger charge is -2.19. The predicted octanol–water partition coefficient (Wildman–Crippen LogP) is 2.55. The van der Waals surface area contributed by atoms with Gasteiger partial charge in [0.05, 0.1) is 11.7 Å². The van der Waals surface area contributed by atoms with Crippen molar-refractivity contribution in [1.29, 1.82) is 0 Å². The monoisotopic (exact) mass is 399 g/mol. The van der Waals surface area contributed by atoms with E-state index >= 15 is 0 Å². The van der Waals surface area contributed by atoms with Crippen molar-refractivity contribution in [3.63, 3.8) is 0 Å².